The van der Waals surface area contributed by atoms with Crippen molar-refractivity contribution in [3.05, 3.63) is 24.3 Å². The van der Waals surface area contributed by atoms with Crippen LogP contribution in [-0.4, -0.2) is 74.7 Å². The monoisotopic (exact) mass is 704 g/mol. The summed E-state index contributed by atoms with van der Waals surface area (Å²) in [4.78, 5) is 42.8. The summed E-state index contributed by atoms with van der Waals surface area (Å²) < 4.78 is 26.2. The highest BCUT2D eigenvalue weighted by Gasteiger charge is 2.39. The minimum Gasteiger partial charge on any atom is -0.462 e. The Labute approximate surface area is 288 Å². The van der Waals surface area contributed by atoms with Gasteiger partial charge in [-0.3, -0.25) is 14.1 Å². The molecule has 0 spiro atoms. The fraction of sp³-hybridized carbons (Fsp3) is 0.833. The van der Waals surface area contributed by atoms with Gasteiger partial charge in [0.25, 0.3) is 0 Å². The van der Waals surface area contributed by atoms with E-state index in [-0.39, 0.29) is 31.3 Å². The second-order valence-electron chi connectivity index (χ2n) is 13.2. The average molecular weight is 705 g/mol. The van der Waals surface area contributed by atoms with Crippen LogP contribution in [0.15, 0.2) is 24.3 Å². The molecule has 6 atom stereocenters. The first-order valence-corrected chi connectivity index (χ1v) is 19.9. The van der Waals surface area contributed by atoms with Gasteiger partial charge in [-0.15, -0.1) is 0 Å². The normalized spacial score (nSPS) is 21.2. The van der Waals surface area contributed by atoms with Crippen LogP contribution in [-0.2, 0) is 28.2 Å². The Bertz CT molecular complexity index is 950. The predicted molar refractivity (Wildman–Crippen MR) is 186 cm³/mol. The minimum atomic E-state index is -4.80. The van der Waals surface area contributed by atoms with E-state index < -0.39 is 50.8 Å². The van der Waals surface area contributed by atoms with Gasteiger partial charge in [-0.25, -0.2) is 4.57 Å². The fourth-order valence-corrected chi connectivity index (χ4v) is 6.31. The van der Waals surface area contributed by atoms with Crippen LogP contribution in [0.25, 0.3) is 0 Å². The Hall–Kier alpha value is -1.59. The molecular formula is C36H65O11P. The number of hydrogen-bond acceptors (Lipinski definition) is 9. The molecule has 0 unspecified atom stereocenters. The number of rotatable bonds is 29. The number of esters is 2. The number of hydrogen-bond donors (Lipinski definition) is 5. The van der Waals surface area contributed by atoms with Crippen LogP contribution in [0.2, 0.25) is 0 Å². The van der Waals surface area contributed by atoms with Gasteiger partial charge in [0, 0.05) is 25.2 Å². The Morgan fingerprint density at radius 3 is 2.04 bits per heavy atom. The smallest absolute Gasteiger partial charge is 0.462 e. The van der Waals surface area contributed by atoms with Crippen LogP contribution in [0.1, 0.15) is 142 Å². The molecule has 0 saturated heterocycles. The first kappa shape index (κ1) is 44.4. The Morgan fingerprint density at radius 1 is 0.792 bits per heavy atom. The van der Waals surface area contributed by atoms with Gasteiger partial charge in [0.1, 0.15) is 6.61 Å². The molecule has 280 valence electrons. The molecule has 48 heavy (non-hydrogen) atoms. The van der Waals surface area contributed by atoms with Crippen molar-refractivity contribution in [2.24, 2.45) is 11.8 Å². The van der Waals surface area contributed by atoms with Crippen molar-refractivity contribution < 1.29 is 53.3 Å². The maximum Gasteiger partial charge on any atom is 0.469 e. The van der Waals surface area contributed by atoms with E-state index in [9.17, 15) is 29.5 Å². The summed E-state index contributed by atoms with van der Waals surface area (Å²) in [7, 11) is -4.80. The van der Waals surface area contributed by atoms with Crippen molar-refractivity contribution in [3.8, 4) is 0 Å². The minimum absolute atomic E-state index is 0.0923. The molecular weight excluding hydrogens is 639 g/mol. The van der Waals surface area contributed by atoms with Crippen LogP contribution in [0.3, 0.4) is 0 Å². The number of aliphatic hydroxyl groups is 3. The third kappa shape index (κ3) is 22.9. The van der Waals surface area contributed by atoms with Gasteiger partial charge in [-0.1, -0.05) is 115 Å². The van der Waals surface area contributed by atoms with E-state index in [1.54, 1.807) is 6.08 Å². The van der Waals surface area contributed by atoms with Crippen molar-refractivity contribution in [2.75, 3.05) is 13.2 Å². The van der Waals surface area contributed by atoms with Gasteiger partial charge < -0.3 is 34.6 Å². The Kier molecular flexibility index (Phi) is 25.2. The molecule has 0 heterocycles. The zero-order valence-electron chi connectivity index (χ0n) is 29.5. The lowest BCUT2D eigenvalue weighted by Crippen LogP contribution is -2.29. The molecule has 0 amide bonds. The van der Waals surface area contributed by atoms with E-state index in [2.05, 4.69) is 18.4 Å². The van der Waals surface area contributed by atoms with Crippen molar-refractivity contribution in [1.82, 2.24) is 0 Å². The zero-order chi connectivity index (χ0) is 35.6. The number of phosphoric ester groups is 1. The third-order valence-electron chi connectivity index (χ3n) is 8.79. The third-order valence-corrected chi connectivity index (χ3v) is 9.28. The maximum absolute atomic E-state index is 12.3. The molecule has 11 nitrogen and oxygen atoms in total. The van der Waals surface area contributed by atoms with Crippen molar-refractivity contribution in [1.29, 1.82) is 0 Å². The number of ether oxygens (including phenoxy) is 2. The molecule has 1 aliphatic carbocycles. The first-order chi connectivity index (χ1) is 23.0. The van der Waals surface area contributed by atoms with E-state index >= 15 is 0 Å². The highest BCUT2D eigenvalue weighted by Crippen LogP contribution is 2.37. The molecule has 1 rings (SSSR count). The van der Waals surface area contributed by atoms with Gasteiger partial charge in [-0.2, -0.15) is 0 Å². The SMILES string of the molecule is CCCCCCCCCCCCC(=O)O[C@H](COC(=O)CCC/C=C/C[C@@H]1[C@@H](/C=C/[C@@H](O)CCCCC)[C@H](O)C[C@@H]1O)COP(=O)(O)O. The molecule has 0 radical (unpaired) electrons. The lowest BCUT2D eigenvalue weighted by Gasteiger charge is -2.19. The lowest BCUT2D eigenvalue weighted by molar-refractivity contribution is -0.161. The molecule has 0 aromatic rings. The fourth-order valence-electron chi connectivity index (χ4n) is 5.95. The van der Waals surface area contributed by atoms with Crippen molar-refractivity contribution in [3.63, 3.8) is 0 Å². The van der Waals surface area contributed by atoms with Gasteiger partial charge >= 0.3 is 19.8 Å². The number of carbonyl (C=O) groups excluding carboxylic acids is 2. The van der Waals surface area contributed by atoms with Crippen molar-refractivity contribution >= 4 is 19.8 Å². The Balaban J connectivity index is 2.37. The molecule has 0 aromatic carbocycles. The number of carbonyl (C=O) groups is 2. The topological polar surface area (TPSA) is 180 Å². The quantitative estimate of drug-likeness (QED) is 0.0238. The van der Waals surface area contributed by atoms with E-state index in [1.165, 1.54) is 38.5 Å². The molecule has 1 aliphatic rings. The number of phosphoric acid groups is 1. The van der Waals surface area contributed by atoms with E-state index in [0.29, 0.717) is 38.5 Å². The standard InChI is InChI=1S/C36H65O11P/c1-3-5-7-8-9-10-11-12-13-19-23-36(41)47-30(28-46-48(42,43)44)27-45-35(40)22-18-15-14-17-21-31-32(34(39)26-33(31)38)25-24-29(37)20-16-6-4-2/h14,17,24-25,29-34,37-39H,3-13,15-16,18-23,26-28H2,1-2H3,(H2,42,43,44)/b17-14+,25-24+/t29-,30+,31+,32+,33-,34+/m0/s1. The Morgan fingerprint density at radius 2 is 1.40 bits per heavy atom. The maximum atomic E-state index is 12.3. The molecule has 1 saturated carbocycles. The molecule has 1 fully saturated rings. The molecule has 0 aliphatic heterocycles. The molecule has 5 N–H and O–H groups in total. The summed E-state index contributed by atoms with van der Waals surface area (Å²) in [5.74, 6) is -1.48. The van der Waals surface area contributed by atoms with Crippen molar-refractivity contribution in [2.45, 2.75) is 167 Å². The second kappa shape index (κ2) is 27.2. The van der Waals surface area contributed by atoms with Gasteiger partial charge in [0.2, 0.25) is 0 Å². The number of allylic oxidation sites excluding steroid dienone is 2. The van der Waals surface area contributed by atoms with Crippen LogP contribution in [0, 0.1) is 11.8 Å². The zero-order valence-corrected chi connectivity index (χ0v) is 30.4. The number of aliphatic hydroxyl groups excluding tert-OH is 3. The van der Waals surface area contributed by atoms with Crippen LogP contribution >= 0.6 is 7.82 Å². The molecule has 0 aromatic heterocycles. The van der Waals surface area contributed by atoms with Crippen LogP contribution in [0.4, 0.5) is 0 Å². The summed E-state index contributed by atoms with van der Waals surface area (Å²) in [6.07, 6.45) is 21.5. The van der Waals surface area contributed by atoms with Gasteiger partial charge in [0.05, 0.1) is 24.9 Å². The average Bonchev–Trinajstić information content (AvgIpc) is 3.30. The lowest BCUT2D eigenvalue weighted by atomic mass is 9.89. The van der Waals surface area contributed by atoms with E-state index in [4.69, 9.17) is 19.3 Å². The van der Waals surface area contributed by atoms with E-state index in [1.807, 2.05) is 18.2 Å². The summed E-state index contributed by atoms with van der Waals surface area (Å²) in [6, 6.07) is 0. The molecule has 12 heteroatoms. The highest BCUT2D eigenvalue weighted by molar-refractivity contribution is 7.46. The summed E-state index contributed by atoms with van der Waals surface area (Å²) in [5, 5.41) is 31.1. The van der Waals surface area contributed by atoms with Gasteiger partial charge in [-0.05, 0) is 38.0 Å². The van der Waals surface area contributed by atoms with E-state index in [0.717, 1.165) is 38.5 Å². The highest BCUT2D eigenvalue weighted by atomic mass is 31.2. The largest absolute Gasteiger partial charge is 0.469 e. The number of unbranched alkanes of at least 4 members (excludes halogenated alkanes) is 12. The first-order valence-electron chi connectivity index (χ1n) is 18.4. The van der Waals surface area contributed by atoms with Crippen LogP contribution in [0.5, 0.6) is 0 Å². The summed E-state index contributed by atoms with van der Waals surface area (Å²) in [5.41, 5.74) is 0. The summed E-state index contributed by atoms with van der Waals surface area (Å²) >= 11 is 0. The van der Waals surface area contributed by atoms with Gasteiger partial charge in [0.15, 0.2) is 6.10 Å². The predicted octanol–water partition coefficient (Wildman–Crippen LogP) is 6.83. The van der Waals surface area contributed by atoms with Crippen LogP contribution < -0.4 is 0 Å². The molecule has 0 bridgehead atoms. The summed E-state index contributed by atoms with van der Waals surface area (Å²) in [6.45, 7) is 3.34. The second-order valence-corrected chi connectivity index (χ2v) is 14.4.